The van der Waals surface area contributed by atoms with Crippen LogP contribution >= 0.6 is 0 Å². The van der Waals surface area contributed by atoms with Crippen LogP contribution in [0.3, 0.4) is 0 Å². The van der Waals surface area contributed by atoms with Crippen LogP contribution in [0.2, 0.25) is 0 Å². The van der Waals surface area contributed by atoms with Crippen molar-refractivity contribution in [2.45, 2.75) is 192 Å². The van der Waals surface area contributed by atoms with Crippen LogP contribution < -0.4 is 5.32 Å². The maximum Gasteiger partial charge on any atom is 0.220 e. The summed E-state index contributed by atoms with van der Waals surface area (Å²) < 4.78 is 0. The number of fused-ring (bicyclic) bond motifs is 7. The van der Waals surface area contributed by atoms with E-state index in [9.17, 15) is 14.9 Å². The molecule has 0 aromatic carbocycles. The molecule has 6 nitrogen and oxygen atoms in total. The van der Waals surface area contributed by atoms with E-state index in [0.717, 1.165) is 75.5 Å². The molecule has 326 valence electrons. The number of Topliss-reactive ketones (excluding diaryl/α,β-unsaturated/α-hetero) is 1. The Bertz CT molecular complexity index is 1840. The summed E-state index contributed by atoms with van der Waals surface area (Å²) in [5.41, 5.74) is 5.28. The van der Waals surface area contributed by atoms with Gasteiger partial charge in [0.25, 0.3) is 0 Å². The third kappa shape index (κ3) is 7.33. The number of nitrogens with zero attached hydrogens (tertiary/aromatic N) is 3. The molecular formula is C53H82N4O2. The molecule has 1 amide bonds. The molecule has 10 atom stereocenters. The first kappa shape index (κ1) is 47.0. The van der Waals surface area contributed by atoms with Crippen molar-refractivity contribution in [3.05, 3.63) is 59.7 Å². The molecule has 7 rings (SSSR count). The van der Waals surface area contributed by atoms with Crippen LogP contribution in [-0.2, 0) is 9.59 Å². The smallest absolute Gasteiger partial charge is 0.220 e. The second kappa shape index (κ2) is 17.0. The summed E-state index contributed by atoms with van der Waals surface area (Å²) in [6, 6.07) is 4.84. The van der Waals surface area contributed by atoms with E-state index < -0.39 is 5.41 Å². The molecule has 1 aromatic rings. The van der Waals surface area contributed by atoms with Crippen LogP contribution in [0.1, 0.15) is 198 Å². The van der Waals surface area contributed by atoms with Crippen LogP contribution in [0.25, 0.3) is 0 Å². The van der Waals surface area contributed by atoms with Gasteiger partial charge in [0.05, 0.1) is 23.2 Å². The lowest BCUT2D eigenvalue weighted by Crippen LogP contribution is -2.69. The van der Waals surface area contributed by atoms with E-state index in [1.54, 1.807) is 6.20 Å². The molecule has 9 unspecified atom stereocenters. The quantitative estimate of drug-likeness (QED) is 0.225. The van der Waals surface area contributed by atoms with E-state index in [0.29, 0.717) is 31.1 Å². The van der Waals surface area contributed by atoms with Crippen molar-refractivity contribution >= 4 is 11.7 Å². The standard InChI is InChI=1S/C49H70N4O2.2C2H6/c1-12-48-20-13-35(25-32(4)26-44(9)27-33(44)5)43(7,8)38(48)15-21-49(29-50)39-14-18-47(19-16-40(55)53-34(6)36-17-24-51-30-52-36)28-37(54)41(31(2)3)42(47)45(39,10)22-23-46(48,49)11;2*1-2/h17,24,30-31,34-35,38-39H,4-5,12-16,18-23,25-28H2,1-3,6-11H3,(H,53,55);2*1-2H3/t34?,35?,38?,39?,44?,45?,46-,47?,48?,49?;;/m1../s1. The maximum atomic E-state index is 14.2. The minimum absolute atomic E-state index is 0.000489. The first-order valence-corrected chi connectivity index (χ1v) is 23.9. The van der Waals surface area contributed by atoms with Crippen molar-refractivity contribution in [3.63, 3.8) is 0 Å². The normalized spacial score (nSPS) is 38.2. The lowest BCUT2D eigenvalue weighted by Gasteiger charge is -2.75. The minimum Gasteiger partial charge on any atom is -0.348 e. The van der Waals surface area contributed by atoms with Gasteiger partial charge in [-0.3, -0.25) is 9.59 Å². The van der Waals surface area contributed by atoms with E-state index in [4.69, 9.17) is 0 Å². The van der Waals surface area contributed by atoms with Crippen LogP contribution in [0, 0.1) is 72.9 Å². The van der Waals surface area contributed by atoms with Crippen molar-refractivity contribution < 1.29 is 9.59 Å². The number of amides is 1. The predicted molar refractivity (Wildman–Crippen MR) is 243 cm³/mol. The maximum absolute atomic E-state index is 14.2. The summed E-state index contributed by atoms with van der Waals surface area (Å²) in [5, 5.41) is 15.0. The molecule has 5 saturated carbocycles. The Morgan fingerprint density at radius 3 is 2.20 bits per heavy atom. The van der Waals surface area contributed by atoms with Crippen molar-refractivity contribution in [1.82, 2.24) is 15.3 Å². The molecule has 1 heterocycles. The number of aromatic nitrogens is 2. The summed E-state index contributed by atoms with van der Waals surface area (Å²) in [7, 11) is 0. The van der Waals surface area contributed by atoms with E-state index in [1.165, 1.54) is 35.9 Å². The third-order valence-electron chi connectivity index (χ3n) is 18.2. The lowest BCUT2D eigenvalue weighted by molar-refractivity contribution is -0.251. The topological polar surface area (TPSA) is 95.7 Å². The van der Waals surface area contributed by atoms with Gasteiger partial charge >= 0.3 is 0 Å². The van der Waals surface area contributed by atoms with E-state index >= 15 is 0 Å². The molecule has 6 heteroatoms. The van der Waals surface area contributed by atoms with Gasteiger partial charge in [-0.2, -0.15) is 5.26 Å². The average Bonchev–Trinajstić information content (AvgIpc) is 3.66. The van der Waals surface area contributed by atoms with Gasteiger partial charge in [-0.05, 0) is 153 Å². The zero-order chi connectivity index (χ0) is 44.0. The molecule has 5 fully saturated rings. The largest absolute Gasteiger partial charge is 0.348 e. The molecule has 1 N–H and O–H groups in total. The molecular weight excluding hydrogens is 725 g/mol. The SMILES string of the molecule is C=C(CC1CCC2(CC)C(CCC3(C#N)C4CCC5(CCC(=O)NC(C)c6ccncn6)CC(=O)C(C(C)C)=C5C4(C)CC[C@@]32C)C1(C)C)CC1(C)CC1=C.CC.CC. The fourth-order valence-electron chi connectivity index (χ4n) is 15.2. The molecule has 0 radical (unpaired) electrons. The highest BCUT2D eigenvalue weighted by atomic mass is 16.1. The number of carbonyl (C=O) groups excluding carboxylic acids is 2. The van der Waals surface area contributed by atoms with E-state index in [1.807, 2.05) is 40.7 Å². The fourth-order valence-corrected chi connectivity index (χ4v) is 15.2. The average molecular weight is 807 g/mol. The number of carbonyl (C=O) groups is 2. The lowest BCUT2D eigenvalue weighted by atomic mass is 9.28. The second-order valence-corrected chi connectivity index (χ2v) is 21.3. The van der Waals surface area contributed by atoms with Crippen LogP contribution in [0.15, 0.2) is 54.0 Å². The minimum atomic E-state index is -0.461. The van der Waals surface area contributed by atoms with Gasteiger partial charge in [0.2, 0.25) is 5.91 Å². The van der Waals surface area contributed by atoms with E-state index in [2.05, 4.69) is 89.9 Å². The van der Waals surface area contributed by atoms with Gasteiger partial charge in [-0.1, -0.05) is 113 Å². The van der Waals surface area contributed by atoms with Crippen molar-refractivity contribution in [3.8, 4) is 6.07 Å². The first-order chi connectivity index (χ1) is 27.8. The number of ketones is 1. The number of nitrogens with one attached hydrogen (secondary N) is 1. The van der Waals surface area contributed by atoms with Crippen molar-refractivity contribution in [2.24, 2.45) is 61.6 Å². The highest BCUT2D eigenvalue weighted by molar-refractivity contribution is 6.01. The first-order valence-electron chi connectivity index (χ1n) is 23.9. The Kier molecular flexibility index (Phi) is 13.5. The zero-order valence-electron chi connectivity index (χ0n) is 39.8. The van der Waals surface area contributed by atoms with Crippen LogP contribution in [0.4, 0.5) is 0 Å². The molecule has 0 aliphatic heterocycles. The second-order valence-electron chi connectivity index (χ2n) is 21.3. The highest BCUT2D eigenvalue weighted by Crippen LogP contribution is 2.81. The van der Waals surface area contributed by atoms with Crippen molar-refractivity contribution in [2.75, 3.05) is 0 Å². The van der Waals surface area contributed by atoms with Gasteiger partial charge in [0.15, 0.2) is 5.78 Å². The van der Waals surface area contributed by atoms with Crippen LogP contribution in [0.5, 0.6) is 0 Å². The summed E-state index contributed by atoms with van der Waals surface area (Å²) in [6.07, 6.45) is 17.5. The third-order valence-corrected chi connectivity index (χ3v) is 18.2. The van der Waals surface area contributed by atoms with Crippen molar-refractivity contribution in [1.29, 1.82) is 5.26 Å². The monoisotopic (exact) mass is 807 g/mol. The molecule has 1 aromatic heterocycles. The van der Waals surface area contributed by atoms with Gasteiger partial charge in [-0.25, -0.2) is 9.97 Å². The van der Waals surface area contributed by atoms with Gasteiger partial charge in [-0.15, -0.1) is 0 Å². The number of rotatable bonds is 11. The van der Waals surface area contributed by atoms with Gasteiger partial charge in [0, 0.05) is 24.5 Å². The Hall–Kier alpha value is -3.07. The highest BCUT2D eigenvalue weighted by Gasteiger charge is 2.75. The molecule has 0 saturated heterocycles. The summed E-state index contributed by atoms with van der Waals surface area (Å²) in [4.78, 5) is 36.1. The zero-order valence-corrected chi connectivity index (χ0v) is 39.8. The Morgan fingerprint density at radius 1 is 0.966 bits per heavy atom. The number of hydrogen-bond donors (Lipinski definition) is 1. The summed E-state index contributed by atoms with van der Waals surface area (Å²) in [6.45, 7) is 38.2. The number of hydrogen-bond acceptors (Lipinski definition) is 5. The van der Waals surface area contributed by atoms with Gasteiger partial charge < -0.3 is 5.32 Å². The molecule has 6 aliphatic carbocycles. The van der Waals surface area contributed by atoms with Gasteiger partial charge in [0.1, 0.15) is 6.33 Å². The summed E-state index contributed by atoms with van der Waals surface area (Å²) in [5.74, 6) is 1.74. The van der Waals surface area contributed by atoms with Crippen LogP contribution in [-0.4, -0.2) is 21.7 Å². The van der Waals surface area contributed by atoms with E-state index in [-0.39, 0.29) is 62.1 Å². The molecule has 0 bridgehead atoms. The Morgan fingerprint density at radius 2 is 1.63 bits per heavy atom. The summed E-state index contributed by atoms with van der Waals surface area (Å²) >= 11 is 0. The Balaban J connectivity index is 0.00000160. The Labute approximate surface area is 360 Å². The number of allylic oxidation sites excluding steroid dienone is 4. The predicted octanol–water partition coefficient (Wildman–Crippen LogP) is 13.7. The number of nitriles is 1. The molecule has 6 aliphatic rings. The fraction of sp³-hybridized carbons (Fsp3) is 0.755. The molecule has 0 spiro atoms. The molecule has 59 heavy (non-hydrogen) atoms.